The highest BCUT2D eigenvalue weighted by atomic mass is 32.2. The van der Waals surface area contributed by atoms with Crippen molar-refractivity contribution >= 4 is 32.2 Å². The number of carbonyl (C=O) groups excluding carboxylic acids is 1. The van der Waals surface area contributed by atoms with Crippen molar-refractivity contribution in [2.45, 2.75) is 36.0 Å². The van der Waals surface area contributed by atoms with E-state index in [1.165, 1.54) is 30.3 Å². The summed E-state index contributed by atoms with van der Waals surface area (Å²) < 4.78 is 26.9. The molecule has 0 bridgehead atoms. The Balaban J connectivity index is 1.45. The van der Waals surface area contributed by atoms with E-state index in [0.29, 0.717) is 11.1 Å². The van der Waals surface area contributed by atoms with Crippen molar-refractivity contribution < 1.29 is 28.5 Å². The Kier molecular flexibility index (Phi) is 6.97. The van der Waals surface area contributed by atoms with Gasteiger partial charge in [-0.1, -0.05) is 75.4 Å². The lowest BCUT2D eigenvalue weighted by Gasteiger charge is -2.22. The van der Waals surface area contributed by atoms with Crippen LogP contribution in [0.1, 0.15) is 36.7 Å². The summed E-state index contributed by atoms with van der Waals surface area (Å²) in [5.41, 5.74) is 1.02. The molecule has 7 nitrogen and oxygen atoms in total. The monoisotopic (exact) mass is 567 g/mol. The Morgan fingerprint density at radius 2 is 1.34 bits per heavy atom. The fourth-order valence-electron chi connectivity index (χ4n) is 4.76. The topological polar surface area (TPSA) is 124 Å². The van der Waals surface area contributed by atoms with E-state index in [1.807, 2.05) is 51.1 Å². The second-order valence-electron chi connectivity index (χ2n) is 10.8. The zero-order valence-corrected chi connectivity index (χ0v) is 23.5. The molecule has 0 unspecified atom stereocenters. The Morgan fingerprint density at radius 3 is 2.02 bits per heavy atom. The quantitative estimate of drug-likeness (QED) is 0.169. The Bertz CT molecular complexity index is 1910. The molecule has 1 amide bonds. The highest BCUT2D eigenvalue weighted by molar-refractivity contribution is 7.91. The molecular weight excluding hydrogens is 538 g/mol. The van der Waals surface area contributed by atoms with Gasteiger partial charge in [0.15, 0.2) is 11.5 Å². The number of phenolic OH excluding ortho intramolecular Hbond substituents is 3. The summed E-state index contributed by atoms with van der Waals surface area (Å²) in [7, 11) is -3.83. The van der Waals surface area contributed by atoms with Gasteiger partial charge in [-0.15, -0.1) is 0 Å². The molecule has 5 aromatic rings. The summed E-state index contributed by atoms with van der Waals surface area (Å²) in [6, 6.07) is 26.9. The highest BCUT2D eigenvalue weighted by Crippen LogP contribution is 2.45. The van der Waals surface area contributed by atoms with Crippen LogP contribution in [-0.2, 0) is 15.3 Å². The van der Waals surface area contributed by atoms with Crippen LogP contribution in [-0.4, -0.2) is 29.6 Å². The summed E-state index contributed by atoms with van der Waals surface area (Å²) >= 11 is 0. The molecule has 5 rings (SSSR count). The molecule has 208 valence electrons. The first-order valence-corrected chi connectivity index (χ1v) is 14.4. The van der Waals surface area contributed by atoms with Gasteiger partial charge in [-0.05, 0) is 69.8 Å². The third kappa shape index (κ3) is 5.21. The van der Waals surface area contributed by atoms with Crippen molar-refractivity contribution in [1.29, 1.82) is 0 Å². The van der Waals surface area contributed by atoms with Crippen molar-refractivity contribution in [2.75, 3.05) is 5.32 Å². The van der Waals surface area contributed by atoms with E-state index in [-0.39, 0.29) is 32.0 Å². The zero-order chi connectivity index (χ0) is 29.5. The molecule has 0 radical (unpaired) electrons. The highest BCUT2D eigenvalue weighted by Gasteiger charge is 2.27. The number of carbonyl (C=O) groups is 1. The van der Waals surface area contributed by atoms with Gasteiger partial charge >= 0.3 is 0 Å². The third-order valence-corrected chi connectivity index (χ3v) is 8.79. The Labute approximate surface area is 238 Å². The minimum atomic E-state index is -3.83. The third-order valence-electron chi connectivity index (χ3n) is 6.96. The molecule has 8 heteroatoms. The minimum Gasteiger partial charge on any atom is -0.504 e. The number of sulfone groups is 1. The molecule has 0 saturated heterocycles. The van der Waals surface area contributed by atoms with Gasteiger partial charge in [0.1, 0.15) is 0 Å². The van der Waals surface area contributed by atoms with Crippen molar-refractivity contribution in [3.05, 3.63) is 108 Å². The van der Waals surface area contributed by atoms with E-state index in [1.54, 1.807) is 36.4 Å². The molecule has 41 heavy (non-hydrogen) atoms. The zero-order valence-electron chi connectivity index (χ0n) is 22.7. The standard InChI is InChI=1S/C33H29NO6S/c1-33(2,3)27-10-6-7-11-28(27)41(39,40)24-16-14-23(15-17-24)34-32(38)26-19-25(29(35)31(37)30(26)36)22-13-12-20-8-4-5-9-21(20)18-22/h4-19,35-37H,1-3H3,(H,34,38). The van der Waals surface area contributed by atoms with E-state index in [4.69, 9.17) is 0 Å². The van der Waals surface area contributed by atoms with Gasteiger partial charge in [-0.2, -0.15) is 0 Å². The van der Waals surface area contributed by atoms with E-state index >= 15 is 0 Å². The SMILES string of the molecule is CC(C)(C)c1ccccc1S(=O)(=O)c1ccc(NC(=O)c2cc(-c3ccc4ccccc4c3)c(O)c(O)c2O)cc1. The van der Waals surface area contributed by atoms with Crippen molar-refractivity contribution in [3.8, 4) is 28.4 Å². The second-order valence-corrected chi connectivity index (χ2v) is 12.7. The van der Waals surface area contributed by atoms with Crippen molar-refractivity contribution in [3.63, 3.8) is 0 Å². The molecule has 5 aromatic carbocycles. The predicted octanol–water partition coefficient (Wildman–Crippen LogP) is 7.01. The maximum atomic E-state index is 13.5. The molecule has 0 aliphatic carbocycles. The minimum absolute atomic E-state index is 0.0657. The number of amides is 1. The summed E-state index contributed by atoms with van der Waals surface area (Å²) in [6.45, 7) is 5.84. The summed E-state index contributed by atoms with van der Waals surface area (Å²) in [5.74, 6) is -2.91. The average molecular weight is 568 g/mol. The number of rotatable bonds is 5. The number of nitrogens with one attached hydrogen (secondary N) is 1. The van der Waals surface area contributed by atoms with Crippen LogP contribution in [0.5, 0.6) is 17.2 Å². The molecular formula is C33H29NO6S. The molecule has 0 aromatic heterocycles. The molecule has 0 heterocycles. The van der Waals surface area contributed by atoms with Gasteiger partial charge in [-0.25, -0.2) is 8.42 Å². The first-order chi connectivity index (χ1) is 19.4. The number of phenols is 3. The van der Waals surface area contributed by atoms with Crippen LogP contribution in [0, 0.1) is 0 Å². The van der Waals surface area contributed by atoms with Crippen molar-refractivity contribution in [1.82, 2.24) is 0 Å². The average Bonchev–Trinajstić information content (AvgIpc) is 2.95. The van der Waals surface area contributed by atoms with E-state index < -0.39 is 33.0 Å². The van der Waals surface area contributed by atoms with E-state index in [9.17, 15) is 28.5 Å². The molecule has 0 atom stereocenters. The first-order valence-electron chi connectivity index (χ1n) is 12.9. The molecule has 0 spiro atoms. The lowest BCUT2D eigenvalue weighted by Crippen LogP contribution is -2.17. The van der Waals surface area contributed by atoms with Crippen LogP contribution in [0.15, 0.2) is 107 Å². The summed E-state index contributed by atoms with van der Waals surface area (Å²) in [6.07, 6.45) is 0. The predicted molar refractivity (Wildman–Crippen MR) is 159 cm³/mol. The molecule has 0 saturated carbocycles. The number of hydrogen-bond acceptors (Lipinski definition) is 6. The Hall–Kier alpha value is -4.82. The van der Waals surface area contributed by atoms with E-state index in [2.05, 4.69) is 5.32 Å². The number of fused-ring (bicyclic) bond motifs is 1. The lowest BCUT2D eigenvalue weighted by atomic mass is 9.87. The summed E-state index contributed by atoms with van der Waals surface area (Å²) in [5, 5.41) is 36.0. The van der Waals surface area contributed by atoms with Crippen molar-refractivity contribution in [2.24, 2.45) is 0 Å². The van der Waals surface area contributed by atoms with Gasteiger partial charge in [0.25, 0.3) is 5.91 Å². The van der Waals surface area contributed by atoms with Crippen LogP contribution >= 0.6 is 0 Å². The van der Waals surface area contributed by atoms with Gasteiger partial charge in [0.05, 0.1) is 15.4 Å². The first kappa shape index (κ1) is 27.7. The van der Waals surface area contributed by atoms with Gasteiger partial charge in [0.2, 0.25) is 15.6 Å². The fraction of sp³-hybridized carbons (Fsp3) is 0.121. The van der Waals surface area contributed by atoms with Crippen LogP contribution in [0.4, 0.5) is 5.69 Å². The fourth-order valence-corrected chi connectivity index (χ4v) is 6.43. The van der Waals surface area contributed by atoms with Crippen LogP contribution in [0.3, 0.4) is 0 Å². The van der Waals surface area contributed by atoms with Gasteiger partial charge in [-0.3, -0.25) is 4.79 Å². The molecule has 0 aliphatic heterocycles. The largest absolute Gasteiger partial charge is 0.504 e. The smallest absolute Gasteiger partial charge is 0.259 e. The maximum absolute atomic E-state index is 13.5. The van der Waals surface area contributed by atoms with Crippen LogP contribution in [0.2, 0.25) is 0 Å². The number of aromatic hydroxyl groups is 3. The number of anilines is 1. The summed E-state index contributed by atoms with van der Waals surface area (Å²) in [4.78, 5) is 13.5. The van der Waals surface area contributed by atoms with Crippen LogP contribution < -0.4 is 5.32 Å². The second kappa shape index (κ2) is 10.3. The molecule has 0 aliphatic rings. The molecule has 0 fully saturated rings. The normalized spacial score (nSPS) is 11.9. The van der Waals surface area contributed by atoms with Gasteiger partial charge < -0.3 is 20.6 Å². The van der Waals surface area contributed by atoms with Crippen LogP contribution in [0.25, 0.3) is 21.9 Å². The maximum Gasteiger partial charge on any atom is 0.259 e. The molecule has 4 N–H and O–H groups in total. The lowest BCUT2D eigenvalue weighted by molar-refractivity contribution is 0.102. The van der Waals surface area contributed by atoms with E-state index in [0.717, 1.165) is 10.8 Å². The number of hydrogen-bond donors (Lipinski definition) is 4. The van der Waals surface area contributed by atoms with Gasteiger partial charge in [0, 0.05) is 11.3 Å². The number of benzene rings is 5. The Morgan fingerprint density at radius 1 is 0.707 bits per heavy atom.